The summed E-state index contributed by atoms with van der Waals surface area (Å²) in [5.74, 6) is -0.128. The highest BCUT2D eigenvalue weighted by Crippen LogP contribution is 2.26. The molecule has 1 fully saturated rings. The summed E-state index contributed by atoms with van der Waals surface area (Å²) in [6.45, 7) is 7.33. The average Bonchev–Trinajstić information content (AvgIpc) is 3.12. The lowest BCUT2D eigenvalue weighted by Crippen LogP contribution is -2.45. The zero-order valence-electron chi connectivity index (χ0n) is 11.5. The molecule has 1 aliphatic carbocycles. The molecular weight excluding hydrogens is 216 g/mol. The largest absolute Gasteiger partial charge is 0.465 e. The van der Waals surface area contributed by atoms with E-state index in [0.29, 0.717) is 12.6 Å². The van der Waals surface area contributed by atoms with Gasteiger partial charge < -0.3 is 10.1 Å². The molecule has 100 valence electrons. The molecule has 0 radical (unpaired) electrons. The highest BCUT2D eigenvalue weighted by Gasteiger charge is 2.29. The smallest absolute Gasteiger partial charge is 0.323 e. The Morgan fingerprint density at radius 1 is 1.47 bits per heavy atom. The van der Waals surface area contributed by atoms with E-state index >= 15 is 0 Å². The number of esters is 1. The van der Waals surface area contributed by atoms with Gasteiger partial charge in [0.15, 0.2) is 0 Å². The third-order valence-electron chi connectivity index (χ3n) is 3.46. The predicted octanol–water partition coefficient (Wildman–Crippen LogP) is 1.40. The maximum Gasteiger partial charge on any atom is 0.323 e. The molecule has 0 aromatic carbocycles. The molecule has 0 amide bonds. The van der Waals surface area contributed by atoms with Gasteiger partial charge in [-0.2, -0.15) is 0 Å². The molecule has 4 heteroatoms. The van der Waals surface area contributed by atoms with Gasteiger partial charge in [-0.3, -0.25) is 9.69 Å². The van der Waals surface area contributed by atoms with Gasteiger partial charge in [0, 0.05) is 18.6 Å². The van der Waals surface area contributed by atoms with Gasteiger partial charge >= 0.3 is 5.97 Å². The second-order valence-electron chi connectivity index (χ2n) is 4.87. The van der Waals surface area contributed by atoms with Crippen molar-refractivity contribution in [1.82, 2.24) is 10.2 Å². The number of carbonyl (C=O) groups excluding carboxylic acids is 1. The van der Waals surface area contributed by atoms with Gasteiger partial charge in [0.05, 0.1) is 6.61 Å². The van der Waals surface area contributed by atoms with Crippen LogP contribution in [0.2, 0.25) is 0 Å². The SMILES string of the molecule is CCOC(=O)C(CC)NCC(C)N(C)C1CC1. The molecule has 0 aromatic rings. The van der Waals surface area contributed by atoms with Crippen LogP contribution in [0.3, 0.4) is 0 Å². The highest BCUT2D eigenvalue weighted by molar-refractivity contribution is 5.75. The lowest BCUT2D eigenvalue weighted by atomic mass is 10.2. The van der Waals surface area contributed by atoms with Crippen molar-refractivity contribution in [2.75, 3.05) is 20.2 Å². The average molecular weight is 242 g/mol. The second kappa shape index (κ2) is 6.97. The number of nitrogens with zero attached hydrogens (tertiary/aromatic N) is 1. The van der Waals surface area contributed by atoms with E-state index in [-0.39, 0.29) is 12.0 Å². The lowest BCUT2D eigenvalue weighted by Gasteiger charge is -2.26. The van der Waals surface area contributed by atoms with E-state index in [0.717, 1.165) is 19.0 Å². The van der Waals surface area contributed by atoms with Gasteiger partial charge in [-0.25, -0.2) is 0 Å². The molecule has 1 saturated carbocycles. The number of hydrogen-bond donors (Lipinski definition) is 1. The maximum absolute atomic E-state index is 11.6. The molecule has 0 aliphatic heterocycles. The molecule has 1 aliphatic rings. The van der Waals surface area contributed by atoms with Crippen LogP contribution >= 0.6 is 0 Å². The van der Waals surface area contributed by atoms with Crippen molar-refractivity contribution in [3.63, 3.8) is 0 Å². The highest BCUT2D eigenvalue weighted by atomic mass is 16.5. The fourth-order valence-corrected chi connectivity index (χ4v) is 1.94. The Balaban J connectivity index is 2.28. The third-order valence-corrected chi connectivity index (χ3v) is 3.46. The van der Waals surface area contributed by atoms with Crippen molar-refractivity contribution in [3.05, 3.63) is 0 Å². The first kappa shape index (κ1) is 14.5. The summed E-state index contributed by atoms with van der Waals surface area (Å²) in [4.78, 5) is 14.0. The van der Waals surface area contributed by atoms with E-state index in [1.165, 1.54) is 12.8 Å². The Kier molecular flexibility index (Phi) is 5.92. The first-order valence-corrected chi connectivity index (χ1v) is 6.72. The topological polar surface area (TPSA) is 41.6 Å². The summed E-state index contributed by atoms with van der Waals surface area (Å²) in [5, 5.41) is 3.30. The number of carbonyl (C=O) groups is 1. The first-order valence-electron chi connectivity index (χ1n) is 6.72. The summed E-state index contributed by atoms with van der Waals surface area (Å²) >= 11 is 0. The molecule has 0 aromatic heterocycles. The molecule has 0 spiro atoms. The number of ether oxygens (including phenoxy) is 1. The van der Waals surface area contributed by atoms with Crippen molar-refractivity contribution in [1.29, 1.82) is 0 Å². The van der Waals surface area contributed by atoms with Crippen molar-refractivity contribution >= 4 is 5.97 Å². The van der Waals surface area contributed by atoms with Crippen LogP contribution in [0.15, 0.2) is 0 Å². The molecule has 4 nitrogen and oxygen atoms in total. The zero-order chi connectivity index (χ0) is 12.8. The van der Waals surface area contributed by atoms with Gasteiger partial charge in [-0.1, -0.05) is 6.92 Å². The molecule has 0 heterocycles. The van der Waals surface area contributed by atoms with Gasteiger partial charge in [-0.05, 0) is 40.2 Å². The second-order valence-corrected chi connectivity index (χ2v) is 4.87. The van der Waals surface area contributed by atoms with E-state index in [9.17, 15) is 4.79 Å². The summed E-state index contributed by atoms with van der Waals surface area (Å²) in [6.07, 6.45) is 3.41. The van der Waals surface area contributed by atoms with Crippen LogP contribution in [0.4, 0.5) is 0 Å². The van der Waals surface area contributed by atoms with Crippen LogP contribution in [0.1, 0.15) is 40.0 Å². The Morgan fingerprint density at radius 3 is 2.59 bits per heavy atom. The Hall–Kier alpha value is -0.610. The number of hydrogen-bond acceptors (Lipinski definition) is 4. The van der Waals surface area contributed by atoms with Crippen LogP contribution in [0, 0.1) is 0 Å². The fourth-order valence-electron chi connectivity index (χ4n) is 1.94. The molecule has 0 bridgehead atoms. The molecule has 17 heavy (non-hydrogen) atoms. The van der Waals surface area contributed by atoms with Crippen molar-refractivity contribution in [2.24, 2.45) is 0 Å². The predicted molar refractivity (Wildman–Crippen MR) is 69.0 cm³/mol. The minimum atomic E-state index is -0.162. The normalized spacial score (nSPS) is 19.1. The number of nitrogens with one attached hydrogen (secondary N) is 1. The van der Waals surface area contributed by atoms with Gasteiger partial charge in [0.1, 0.15) is 6.04 Å². The first-order chi connectivity index (χ1) is 8.10. The van der Waals surface area contributed by atoms with E-state index in [4.69, 9.17) is 4.74 Å². The summed E-state index contributed by atoms with van der Waals surface area (Å²) in [6, 6.07) is 1.06. The summed E-state index contributed by atoms with van der Waals surface area (Å²) < 4.78 is 5.03. The van der Waals surface area contributed by atoms with Gasteiger partial charge in [-0.15, -0.1) is 0 Å². The minimum Gasteiger partial charge on any atom is -0.465 e. The fraction of sp³-hybridized carbons (Fsp3) is 0.923. The summed E-state index contributed by atoms with van der Waals surface area (Å²) in [5.41, 5.74) is 0. The van der Waals surface area contributed by atoms with E-state index in [1.54, 1.807) is 0 Å². The standard InChI is InChI=1S/C13H26N2O2/c1-5-12(13(16)17-6-2)14-9-10(3)15(4)11-7-8-11/h10-12,14H,5-9H2,1-4H3. The van der Waals surface area contributed by atoms with Gasteiger partial charge in [0.25, 0.3) is 0 Å². The molecule has 2 atom stereocenters. The monoisotopic (exact) mass is 242 g/mol. The molecule has 0 saturated heterocycles. The van der Waals surface area contributed by atoms with Crippen LogP contribution in [-0.2, 0) is 9.53 Å². The lowest BCUT2D eigenvalue weighted by molar-refractivity contribution is -0.145. The van der Waals surface area contributed by atoms with Crippen molar-refractivity contribution in [2.45, 2.75) is 58.2 Å². The maximum atomic E-state index is 11.6. The van der Waals surface area contributed by atoms with E-state index in [1.807, 2.05) is 13.8 Å². The van der Waals surface area contributed by atoms with Crippen LogP contribution < -0.4 is 5.32 Å². The molecule has 2 unspecified atom stereocenters. The van der Waals surface area contributed by atoms with E-state index < -0.39 is 0 Å². The minimum absolute atomic E-state index is 0.128. The quantitative estimate of drug-likeness (QED) is 0.653. The Morgan fingerprint density at radius 2 is 2.12 bits per heavy atom. The van der Waals surface area contributed by atoms with Crippen LogP contribution in [-0.4, -0.2) is 49.2 Å². The Labute approximate surface area is 105 Å². The van der Waals surface area contributed by atoms with Gasteiger partial charge in [0.2, 0.25) is 0 Å². The zero-order valence-corrected chi connectivity index (χ0v) is 11.5. The number of likely N-dealkylation sites (N-methyl/N-ethyl adjacent to an activating group) is 1. The molecular formula is C13H26N2O2. The van der Waals surface area contributed by atoms with Crippen LogP contribution in [0.25, 0.3) is 0 Å². The van der Waals surface area contributed by atoms with Crippen molar-refractivity contribution in [3.8, 4) is 0 Å². The molecule has 1 N–H and O–H groups in total. The molecule has 1 rings (SSSR count). The summed E-state index contributed by atoms with van der Waals surface area (Å²) in [7, 11) is 2.16. The van der Waals surface area contributed by atoms with Crippen molar-refractivity contribution < 1.29 is 9.53 Å². The third kappa shape index (κ3) is 4.64. The number of rotatable bonds is 8. The Bertz CT molecular complexity index is 242. The van der Waals surface area contributed by atoms with Crippen LogP contribution in [0.5, 0.6) is 0 Å². The van der Waals surface area contributed by atoms with E-state index in [2.05, 4.69) is 24.2 Å².